The van der Waals surface area contributed by atoms with Crippen molar-refractivity contribution in [3.05, 3.63) is 29.3 Å². The summed E-state index contributed by atoms with van der Waals surface area (Å²) in [5.74, 6) is -0.0357. The van der Waals surface area contributed by atoms with E-state index in [9.17, 15) is 13.2 Å². The number of carbonyl (C=O) groups is 1. The van der Waals surface area contributed by atoms with Crippen molar-refractivity contribution in [1.29, 1.82) is 0 Å². The van der Waals surface area contributed by atoms with Crippen LogP contribution in [0, 0.1) is 0 Å². The molecular formula is C15H22N2O3S. The summed E-state index contributed by atoms with van der Waals surface area (Å²) in [5.41, 5.74) is 8.86. The molecule has 0 saturated carbocycles. The number of sulfone groups is 1. The highest BCUT2D eigenvalue weighted by atomic mass is 32.2. The number of amides is 1. The standard InChI is InChI=1S/C15H22N2O3S/c1-21(19,20)9-3-6-15(18)17-14-5-2-4-11-10-12(16)7-8-13(11)14/h7-8,10,14H,2-6,9,16H2,1H3,(H,17,18). The number of rotatable bonds is 5. The van der Waals surface area contributed by atoms with Crippen molar-refractivity contribution >= 4 is 21.4 Å². The van der Waals surface area contributed by atoms with Crippen molar-refractivity contribution in [3.8, 4) is 0 Å². The maximum atomic E-state index is 11.9. The van der Waals surface area contributed by atoms with E-state index in [0.29, 0.717) is 6.42 Å². The zero-order valence-corrected chi connectivity index (χ0v) is 13.1. The van der Waals surface area contributed by atoms with Gasteiger partial charge in [0.15, 0.2) is 0 Å². The molecular weight excluding hydrogens is 288 g/mol. The third-order valence-corrected chi connectivity index (χ3v) is 4.77. The molecule has 1 aromatic carbocycles. The van der Waals surface area contributed by atoms with E-state index in [1.165, 1.54) is 11.8 Å². The summed E-state index contributed by atoms with van der Waals surface area (Å²) in [6.07, 6.45) is 4.72. The van der Waals surface area contributed by atoms with Crippen molar-refractivity contribution in [1.82, 2.24) is 5.32 Å². The molecule has 6 heteroatoms. The van der Waals surface area contributed by atoms with Crippen LogP contribution in [0.15, 0.2) is 18.2 Å². The molecule has 5 nitrogen and oxygen atoms in total. The Bertz CT molecular complexity index is 626. The first-order valence-electron chi connectivity index (χ1n) is 7.20. The van der Waals surface area contributed by atoms with Gasteiger partial charge in [-0.25, -0.2) is 8.42 Å². The van der Waals surface area contributed by atoms with Gasteiger partial charge in [0, 0.05) is 18.4 Å². The Kier molecular flexibility index (Phi) is 4.88. The predicted molar refractivity (Wildman–Crippen MR) is 83.6 cm³/mol. The molecule has 116 valence electrons. The molecule has 1 amide bonds. The third-order valence-electron chi connectivity index (χ3n) is 3.74. The Hall–Kier alpha value is -1.56. The summed E-state index contributed by atoms with van der Waals surface area (Å²) in [6, 6.07) is 5.82. The fourth-order valence-corrected chi connectivity index (χ4v) is 3.41. The number of benzene rings is 1. The molecule has 0 aromatic heterocycles. The van der Waals surface area contributed by atoms with Gasteiger partial charge < -0.3 is 11.1 Å². The summed E-state index contributed by atoms with van der Waals surface area (Å²) in [5, 5.41) is 3.01. The molecule has 0 bridgehead atoms. The zero-order chi connectivity index (χ0) is 15.5. The number of anilines is 1. The van der Waals surface area contributed by atoms with Crippen LogP contribution < -0.4 is 11.1 Å². The van der Waals surface area contributed by atoms with Crippen molar-refractivity contribution in [3.63, 3.8) is 0 Å². The van der Waals surface area contributed by atoms with E-state index in [0.717, 1.165) is 30.5 Å². The van der Waals surface area contributed by atoms with Crippen LogP contribution >= 0.6 is 0 Å². The third kappa shape index (κ3) is 4.74. The van der Waals surface area contributed by atoms with Crippen LogP contribution in [0.2, 0.25) is 0 Å². The van der Waals surface area contributed by atoms with Gasteiger partial charge in [0.25, 0.3) is 0 Å². The molecule has 1 aliphatic rings. The van der Waals surface area contributed by atoms with Gasteiger partial charge in [0.1, 0.15) is 9.84 Å². The first kappa shape index (κ1) is 15.8. The quantitative estimate of drug-likeness (QED) is 0.808. The monoisotopic (exact) mass is 310 g/mol. The Balaban J connectivity index is 1.94. The number of fused-ring (bicyclic) bond motifs is 1. The maximum Gasteiger partial charge on any atom is 0.220 e. The van der Waals surface area contributed by atoms with Crippen LogP contribution in [0.4, 0.5) is 5.69 Å². The van der Waals surface area contributed by atoms with Gasteiger partial charge >= 0.3 is 0 Å². The van der Waals surface area contributed by atoms with Crippen LogP contribution in [0.3, 0.4) is 0 Å². The Labute approximate surface area is 125 Å². The summed E-state index contributed by atoms with van der Waals surface area (Å²) < 4.78 is 22.1. The van der Waals surface area contributed by atoms with Crippen molar-refractivity contribution in [2.45, 2.75) is 38.1 Å². The summed E-state index contributed by atoms with van der Waals surface area (Å²) in [6.45, 7) is 0. The van der Waals surface area contributed by atoms with Gasteiger partial charge in [0.2, 0.25) is 5.91 Å². The Morgan fingerprint density at radius 3 is 2.90 bits per heavy atom. The van der Waals surface area contributed by atoms with Gasteiger partial charge in [0.05, 0.1) is 11.8 Å². The van der Waals surface area contributed by atoms with Gasteiger partial charge in [-0.2, -0.15) is 0 Å². The lowest BCUT2D eigenvalue weighted by atomic mass is 9.87. The average Bonchev–Trinajstić information content (AvgIpc) is 2.37. The fraction of sp³-hybridized carbons (Fsp3) is 0.533. The molecule has 1 atom stereocenters. The summed E-state index contributed by atoms with van der Waals surface area (Å²) in [4.78, 5) is 11.9. The Morgan fingerprint density at radius 2 is 2.19 bits per heavy atom. The molecule has 0 spiro atoms. The van der Waals surface area contributed by atoms with Crippen LogP contribution in [-0.4, -0.2) is 26.3 Å². The van der Waals surface area contributed by atoms with Crippen LogP contribution in [0.25, 0.3) is 0 Å². The predicted octanol–water partition coefficient (Wildman–Crippen LogP) is 1.59. The van der Waals surface area contributed by atoms with Crippen molar-refractivity contribution < 1.29 is 13.2 Å². The lowest BCUT2D eigenvalue weighted by Gasteiger charge is -2.26. The molecule has 0 heterocycles. The second-order valence-corrected chi connectivity index (χ2v) is 7.96. The van der Waals surface area contributed by atoms with Gasteiger partial charge in [-0.05, 0) is 48.9 Å². The molecule has 0 aliphatic heterocycles. The normalized spacial score (nSPS) is 18.0. The fourth-order valence-electron chi connectivity index (χ4n) is 2.75. The highest BCUT2D eigenvalue weighted by molar-refractivity contribution is 7.90. The summed E-state index contributed by atoms with van der Waals surface area (Å²) >= 11 is 0. The molecule has 0 radical (unpaired) electrons. The highest BCUT2D eigenvalue weighted by Gasteiger charge is 2.21. The van der Waals surface area contributed by atoms with E-state index in [-0.39, 0.29) is 24.1 Å². The van der Waals surface area contributed by atoms with Gasteiger partial charge in [-0.3, -0.25) is 4.79 Å². The minimum absolute atomic E-state index is 0.0140. The highest BCUT2D eigenvalue weighted by Crippen LogP contribution is 2.31. The smallest absolute Gasteiger partial charge is 0.220 e. The summed E-state index contributed by atoms with van der Waals surface area (Å²) in [7, 11) is -3.00. The van der Waals surface area contributed by atoms with E-state index >= 15 is 0 Å². The van der Waals surface area contributed by atoms with Gasteiger partial charge in [-0.15, -0.1) is 0 Å². The number of hydrogen-bond acceptors (Lipinski definition) is 4. The maximum absolute atomic E-state index is 11.9. The topological polar surface area (TPSA) is 89.3 Å². The number of nitrogen functional groups attached to an aromatic ring is 1. The first-order chi connectivity index (χ1) is 9.85. The lowest BCUT2D eigenvalue weighted by Crippen LogP contribution is -2.31. The SMILES string of the molecule is CS(=O)(=O)CCCC(=O)NC1CCCc2cc(N)ccc21. The second-order valence-electron chi connectivity index (χ2n) is 5.70. The molecule has 1 aliphatic carbocycles. The molecule has 1 unspecified atom stereocenters. The van der Waals surface area contributed by atoms with E-state index in [4.69, 9.17) is 5.73 Å². The molecule has 0 saturated heterocycles. The van der Waals surface area contributed by atoms with E-state index in [1.54, 1.807) is 0 Å². The minimum Gasteiger partial charge on any atom is -0.399 e. The molecule has 2 rings (SSSR count). The zero-order valence-electron chi connectivity index (χ0n) is 12.3. The molecule has 3 N–H and O–H groups in total. The number of aryl methyl sites for hydroxylation is 1. The van der Waals surface area contributed by atoms with Crippen LogP contribution in [0.1, 0.15) is 42.9 Å². The minimum atomic E-state index is -3.00. The van der Waals surface area contributed by atoms with Crippen molar-refractivity contribution in [2.24, 2.45) is 0 Å². The average molecular weight is 310 g/mol. The number of carbonyl (C=O) groups excluding carboxylic acids is 1. The van der Waals surface area contributed by atoms with E-state index in [2.05, 4.69) is 5.32 Å². The largest absolute Gasteiger partial charge is 0.399 e. The molecule has 21 heavy (non-hydrogen) atoms. The lowest BCUT2D eigenvalue weighted by molar-refractivity contribution is -0.121. The van der Waals surface area contributed by atoms with Crippen LogP contribution in [0.5, 0.6) is 0 Å². The molecule has 0 fully saturated rings. The second kappa shape index (κ2) is 6.47. The Morgan fingerprint density at radius 1 is 1.43 bits per heavy atom. The van der Waals surface area contributed by atoms with Gasteiger partial charge in [-0.1, -0.05) is 6.07 Å². The van der Waals surface area contributed by atoms with Crippen molar-refractivity contribution in [2.75, 3.05) is 17.7 Å². The first-order valence-corrected chi connectivity index (χ1v) is 9.26. The van der Waals surface area contributed by atoms with Crippen LogP contribution in [-0.2, 0) is 21.1 Å². The number of hydrogen-bond donors (Lipinski definition) is 2. The van der Waals surface area contributed by atoms with E-state index < -0.39 is 9.84 Å². The molecule has 1 aromatic rings. The number of nitrogens with two attached hydrogens (primary N) is 1. The number of nitrogens with one attached hydrogen (secondary N) is 1. The van der Waals surface area contributed by atoms with E-state index in [1.807, 2.05) is 18.2 Å².